The summed E-state index contributed by atoms with van der Waals surface area (Å²) in [7, 11) is -2.17. The van der Waals surface area contributed by atoms with Crippen LogP contribution in [0.2, 0.25) is 0 Å². The minimum Gasteiger partial charge on any atom is -0.495 e. The molecule has 1 fully saturated rings. The molecule has 3 rings (SSSR count). The lowest BCUT2D eigenvalue weighted by atomic mass is 9.95. The van der Waals surface area contributed by atoms with Gasteiger partial charge in [-0.3, -0.25) is 13.9 Å². The van der Waals surface area contributed by atoms with Crippen LogP contribution < -0.4 is 14.4 Å². The molecule has 38 heavy (non-hydrogen) atoms. The zero-order valence-corrected chi connectivity index (χ0v) is 23.2. The number of methoxy groups -OCH3 is 1. The monoisotopic (exact) mass is 547 g/mol. The highest BCUT2D eigenvalue weighted by Gasteiger charge is 2.28. The molecule has 2 aromatic rings. The molecule has 0 spiro atoms. The number of anilines is 1. The summed E-state index contributed by atoms with van der Waals surface area (Å²) in [4.78, 5) is 28.0. The average molecular weight is 548 g/mol. The minimum absolute atomic E-state index is 0.0312. The van der Waals surface area contributed by atoms with Crippen molar-refractivity contribution in [2.75, 3.05) is 24.2 Å². The van der Waals surface area contributed by atoms with E-state index in [0.29, 0.717) is 17.0 Å². The van der Waals surface area contributed by atoms with Gasteiger partial charge in [0.15, 0.2) is 0 Å². The van der Waals surface area contributed by atoms with E-state index >= 15 is 0 Å². The molecule has 8 nitrogen and oxygen atoms in total. The summed E-state index contributed by atoms with van der Waals surface area (Å²) in [5, 5.41) is 3.08. The van der Waals surface area contributed by atoms with Crippen LogP contribution in [0.4, 0.5) is 10.1 Å². The van der Waals surface area contributed by atoms with E-state index in [1.54, 1.807) is 43.3 Å². The number of nitrogens with one attached hydrogen (secondary N) is 1. The molecule has 1 aliphatic carbocycles. The molecule has 0 saturated heterocycles. The third-order valence-electron chi connectivity index (χ3n) is 6.89. The number of halogens is 1. The van der Waals surface area contributed by atoms with Gasteiger partial charge in [0.25, 0.3) is 0 Å². The molecule has 0 aliphatic heterocycles. The molecule has 1 N–H and O–H groups in total. The van der Waals surface area contributed by atoms with Crippen LogP contribution in [-0.4, -0.2) is 57.1 Å². The predicted molar refractivity (Wildman–Crippen MR) is 146 cm³/mol. The van der Waals surface area contributed by atoms with E-state index in [4.69, 9.17) is 4.74 Å². The molecular formula is C28H38FN3O5S. The number of para-hydroxylation sites is 2. The summed E-state index contributed by atoms with van der Waals surface area (Å²) in [5.74, 6) is -0.477. The van der Waals surface area contributed by atoms with Crippen LogP contribution in [0.1, 0.15) is 57.4 Å². The largest absolute Gasteiger partial charge is 0.495 e. The van der Waals surface area contributed by atoms with Crippen LogP contribution in [0.15, 0.2) is 48.5 Å². The maximum absolute atomic E-state index is 13.5. The Morgan fingerprint density at radius 1 is 1.08 bits per heavy atom. The molecule has 1 atom stereocenters. The molecule has 0 aromatic heterocycles. The van der Waals surface area contributed by atoms with Crippen molar-refractivity contribution in [3.05, 3.63) is 59.9 Å². The number of amides is 2. The third kappa shape index (κ3) is 8.18. The Balaban J connectivity index is 1.73. The van der Waals surface area contributed by atoms with Crippen molar-refractivity contribution < 1.29 is 27.1 Å². The number of rotatable bonds is 12. The highest BCUT2D eigenvalue weighted by Crippen LogP contribution is 2.30. The van der Waals surface area contributed by atoms with Crippen LogP contribution in [0.3, 0.4) is 0 Å². The van der Waals surface area contributed by atoms with Crippen LogP contribution in [0.5, 0.6) is 5.75 Å². The number of hydrogen-bond donors (Lipinski definition) is 1. The summed E-state index contributed by atoms with van der Waals surface area (Å²) in [5.41, 5.74) is 1.09. The Bertz CT molecular complexity index is 1180. The van der Waals surface area contributed by atoms with E-state index in [2.05, 4.69) is 5.32 Å². The topological polar surface area (TPSA) is 96.0 Å². The Labute approximate surface area is 225 Å². The first-order valence-corrected chi connectivity index (χ1v) is 14.9. The van der Waals surface area contributed by atoms with E-state index in [-0.39, 0.29) is 49.6 Å². The molecule has 1 aliphatic rings. The second-order valence-corrected chi connectivity index (χ2v) is 11.7. The first-order chi connectivity index (χ1) is 18.1. The fraction of sp³-hybridized carbons (Fsp3) is 0.500. The van der Waals surface area contributed by atoms with Crippen molar-refractivity contribution in [2.24, 2.45) is 0 Å². The van der Waals surface area contributed by atoms with Crippen molar-refractivity contribution in [3.8, 4) is 5.75 Å². The van der Waals surface area contributed by atoms with E-state index in [1.165, 1.54) is 28.4 Å². The van der Waals surface area contributed by atoms with Crippen LogP contribution in [0.25, 0.3) is 0 Å². The normalized spacial score (nSPS) is 14.9. The van der Waals surface area contributed by atoms with Gasteiger partial charge >= 0.3 is 0 Å². The number of ether oxygens (including phenoxy) is 1. The first-order valence-electron chi connectivity index (χ1n) is 13.0. The number of hydrogen-bond acceptors (Lipinski definition) is 5. The number of carbonyl (C=O) groups excluding carboxylic acids is 2. The maximum atomic E-state index is 13.5. The van der Waals surface area contributed by atoms with Gasteiger partial charge in [-0.1, -0.05) is 43.5 Å². The predicted octanol–water partition coefficient (Wildman–Crippen LogP) is 4.25. The van der Waals surface area contributed by atoms with E-state index in [1.807, 2.05) is 0 Å². The Kier molecular flexibility index (Phi) is 10.5. The highest BCUT2D eigenvalue weighted by molar-refractivity contribution is 7.92. The lowest BCUT2D eigenvalue weighted by molar-refractivity contribution is -0.141. The summed E-state index contributed by atoms with van der Waals surface area (Å²) >= 11 is 0. The number of nitrogens with zero attached hydrogens (tertiary/aromatic N) is 2. The Hall–Kier alpha value is -3.14. The molecule has 10 heteroatoms. The van der Waals surface area contributed by atoms with E-state index in [9.17, 15) is 22.4 Å². The van der Waals surface area contributed by atoms with Gasteiger partial charge in [-0.05, 0) is 56.0 Å². The Morgan fingerprint density at radius 2 is 1.74 bits per heavy atom. The number of benzene rings is 2. The summed E-state index contributed by atoms with van der Waals surface area (Å²) in [6, 6.07) is 12.0. The molecule has 2 amide bonds. The van der Waals surface area contributed by atoms with Crippen LogP contribution >= 0.6 is 0 Å². The zero-order valence-electron chi connectivity index (χ0n) is 22.4. The lowest BCUT2D eigenvalue weighted by Gasteiger charge is -2.31. The van der Waals surface area contributed by atoms with Gasteiger partial charge < -0.3 is 15.0 Å². The average Bonchev–Trinajstić information content (AvgIpc) is 2.90. The lowest BCUT2D eigenvalue weighted by Crippen LogP contribution is -2.50. The van der Waals surface area contributed by atoms with Gasteiger partial charge in [0.2, 0.25) is 21.8 Å². The molecule has 208 valence electrons. The van der Waals surface area contributed by atoms with Gasteiger partial charge in [-0.15, -0.1) is 0 Å². The van der Waals surface area contributed by atoms with E-state index in [0.717, 1.165) is 38.4 Å². The molecule has 0 bridgehead atoms. The fourth-order valence-electron chi connectivity index (χ4n) is 4.76. The van der Waals surface area contributed by atoms with Crippen LogP contribution in [0, 0.1) is 5.82 Å². The second-order valence-electron chi connectivity index (χ2n) is 9.78. The van der Waals surface area contributed by atoms with Gasteiger partial charge in [0.05, 0.1) is 19.1 Å². The maximum Gasteiger partial charge on any atom is 0.242 e. The third-order valence-corrected chi connectivity index (χ3v) is 8.07. The number of sulfonamides is 1. The summed E-state index contributed by atoms with van der Waals surface area (Å²) < 4.78 is 45.1. The van der Waals surface area contributed by atoms with Crippen molar-refractivity contribution in [1.29, 1.82) is 0 Å². The fourth-order valence-corrected chi connectivity index (χ4v) is 5.72. The van der Waals surface area contributed by atoms with Crippen molar-refractivity contribution in [3.63, 3.8) is 0 Å². The summed E-state index contributed by atoms with van der Waals surface area (Å²) in [6.45, 7) is 1.90. The van der Waals surface area contributed by atoms with Gasteiger partial charge in [-0.25, -0.2) is 12.8 Å². The molecule has 2 aromatic carbocycles. The van der Waals surface area contributed by atoms with Gasteiger partial charge in [-0.2, -0.15) is 0 Å². The first kappa shape index (κ1) is 29.4. The standard InChI is InChI=1S/C28H38FN3O5S/c1-21(28(34)30-24-10-5-4-6-11-24)31(20-22-15-17-23(29)18-16-22)27(33)14-9-19-32(38(3,35)36)25-12-7-8-13-26(25)37-2/h7-8,12-13,15-18,21,24H,4-6,9-11,14,19-20H2,1-3H3,(H,30,34)/t21-/m0/s1. The molecule has 0 radical (unpaired) electrons. The van der Waals surface area contributed by atoms with Crippen molar-refractivity contribution in [1.82, 2.24) is 10.2 Å². The second kappa shape index (κ2) is 13.6. The zero-order chi connectivity index (χ0) is 27.7. The number of carbonyl (C=O) groups is 2. The van der Waals surface area contributed by atoms with Gasteiger partial charge in [0, 0.05) is 25.6 Å². The van der Waals surface area contributed by atoms with Gasteiger partial charge in [0.1, 0.15) is 17.6 Å². The molecular weight excluding hydrogens is 509 g/mol. The Morgan fingerprint density at radius 3 is 2.37 bits per heavy atom. The minimum atomic E-state index is -3.64. The highest BCUT2D eigenvalue weighted by atomic mass is 32.2. The van der Waals surface area contributed by atoms with Crippen molar-refractivity contribution >= 4 is 27.5 Å². The molecule has 0 unspecified atom stereocenters. The summed E-state index contributed by atoms with van der Waals surface area (Å²) in [6.07, 6.45) is 6.53. The smallest absolute Gasteiger partial charge is 0.242 e. The van der Waals surface area contributed by atoms with Crippen LogP contribution in [-0.2, 0) is 26.2 Å². The van der Waals surface area contributed by atoms with Crippen molar-refractivity contribution in [2.45, 2.75) is 70.5 Å². The van der Waals surface area contributed by atoms with E-state index < -0.39 is 16.1 Å². The SMILES string of the molecule is COc1ccccc1N(CCCC(=O)N(Cc1ccc(F)cc1)[C@@H](C)C(=O)NC1CCCCC1)S(C)(=O)=O. The molecule has 1 saturated carbocycles. The quantitative estimate of drug-likeness (QED) is 0.429. The molecule has 0 heterocycles.